The van der Waals surface area contributed by atoms with E-state index in [-0.39, 0.29) is 6.04 Å². The van der Waals surface area contributed by atoms with Crippen LogP contribution >= 0.6 is 0 Å². The average molecular weight is 303 g/mol. The molecule has 1 heterocycles. The van der Waals surface area contributed by atoms with Gasteiger partial charge in [-0.25, -0.2) is 0 Å². The van der Waals surface area contributed by atoms with Gasteiger partial charge in [0.15, 0.2) is 0 Å². The number of hydrogen-bond acceptors (Lipinski definition) is 2. The van der Waals surface area contributed by atoms with Gasteiger partial charge in [-0.05, 0) is 23.3 Å². The van der Waals surface area contributed by atoms with Crippen molar-refractivity contribution in [3.05, 3.63) is 109 Å². The van der Waals surface area contributed by atoms with Crippen molar-refractivity contribution >= 4 is 0 Å². The highest BCUT2D eigenvalue weighted by Crippen LogP contribution is 2.29. The molecule has 0 amide bonds. The van der Waals surface area contributed by atoms with Gasteiger partial charge in [-0.2, -0.15) is 0 Å². The minimum Gasteiger partial charge on any atom is -0.468 e. The van der Waals surface area contributed by atoms with Crippen molar-refractivity contribution in [1.29, 1.82) is 0 Å². The normalized spacial score (nSPS) is 11.0. The molecule has 0 N–H and O–H groups in total. The first kappa shape index (κ1) is 15.3. The van der Waals surface area contributed by atoms with Crippen LogP contribution in [0, 0.1) is 0 Å². The van der Waals surface area contributed by atoms with Gasteiger partial charge >= 0.3 is 0 Å². The van der Waals surface area contributed by atoms with E-state index in [0.29, 0.717) is 0 Å². The summed E-state index contributed by atoms with van der Waals surface area (Å²) in [5.41, 5.74) is 2.54. The second-order valence-electron chi connectivity index (χ2n) is 5.52. The van der Waals surface area contributed by atoms with Gasteiger partial charge in [0.05, 0.1) is 18.8 Å². The molecule has 2 heteroatoms. The molecule has 0 aliphatic heterocycles. The Labute approximate surface area is 137 Å². The Morgan fingerprint density at radius 2 is 1.48 bits per heavy atom. The predicted molar refractivity (Wildman–Crippen MR) is 94.0 cm³/mol. The lowest BCUT2D eigenvalue weighted by atomic mass is 9.97. The zero-order valence-electron chi connectivity index (χ0n) is 13.1. The minimum atomic E-state index is 0.167. The zero-order chi connectivity index (χ0) is 15.9. The van der Waals surface area contributed by atoms with Crippen LogP contribution in [0.4, 0.5) is 0 Å². The molecular formula is C21H21NO. The lowest BCUT2D eigenvalue weighted by Crippen LogP contribution is -2.29. The van der Waals surface area contributed by atoms with Gasteiger partial charge in [0.2, 0.25) is 0 Å². The van der Waals surface area contributed by atoms with Gasteiger partial charge in [0, 0.05) is 6.54 Å². The summed E-state index contributed by atoms with van der Waals surface area (Å²) in [6, 6.07) is 25.3. The zero-order valence-corrected chi connectivity index (χ0v) is 13.1. The van der Waals surface area contributed by atoms with E-state index in [2.05, 4.69) is 72.1 Å². The highest BCUT2D eigenvalue weighted by molar-refractivity contribution is 5.32. The van der Waals surface area contributed by atoms with Gasteiger partial charge in [-0.15, -0.1) is 6.58 Å². The second-order valence-corrected chi connectivity index (χ2v) is 5.52. The lowest BCUT2D eigenvalue weighted by Gasteiger charge is -2.31. The Balaban J connectivity index is 1.99. The molecular weight excluding hydrogens is 282 g/mol. The number of hydrogen-bond donors (Lipinski definition) is 0. The Morgan fingerprint density at radius 1 is 0.870 bits per heavy atom. The van der Waals surface area contributed by atoms with Crippen LogP contribution in [0.5, 0.6) is 0 Å². The van der Waals surface area contributed by atoms with Crippen LogP contribution in [0.15, 0.2) is 96.1 Å². The Morgan fingerprint density at radius 3 is 1.96 bits per heavy atom. The van der Waals surface area contributed by atoms with Gasteiger partial charge in [-0.1, -0.05) is 66.7 Å². The van der Waals surface area contributed by atoms with E-state index >= 15 is 0 Å². The van der Waals surface area contributed by atoms with E-state index in [1.165, 1.54) is 11.1 Å². The third kappa shape index (κ3) is 3.79. The smallest absolute Gasteiger partial charge is 0.117 e. The molecule has 0 fully saturated rings. The predicted octanol–water partition coefficient (Wildman–Crippen LogP) is 5.06. The molecule has 2 aromatic carbocycles. The molecule has 0 aliphatic carbocycles. The van der Waals surface area contributed by atoms with Gasteiger partial charge < -0.3 is 4.42 Å². The maximum atomic E-state index is 5.56. The van der Waals surface area contributed by atoms with Gasteiger partial charge in [0.1, 0.15) is 5.76 Å². The van der Waals surface area contributed by atoms with E-state index in [9.17, 15) is 0 Å². The van der Waals surface area contributed by atoms with Crippen LogP contribution in [0.25, 0.3) is 0 Å². The molecule has 0 aliphatic rings. The summed E-state index contributed by atoms with van der Waals surface area (Å²) in [6.07, 6.45) is 3.67. The summed E-state index contributed by atoms with van der Waals surface area (Å²) in [5, 5.41) is 0. The molecule has 0 saturated carbocycles. The van der Waals surface area contributed by atoms with Crippen molar-refractivity contribution in [2.75, 3.05) is 6.54 Å². The quantitative estimate of drug-likeness (QED) is 0.567. The number of benzene rings is 2. The SMILES string of the molecule is C=CCN(Cc1ccco1)C(c1ccccc1)c1ccccc1. The van der Waals surface area contributed by atoms with Crippen LogP contribution in [-0.2, 0) is 6.54 Å². The van der Waals surface area contributed by atoms with Crippen LogP contribution in [-0.4, -0.2) is 11.4 Å². The van der Waals surface area contributed by atoms with E-state index in [1.807, 2.05) is 18.2 Å². The van der Waals surface area contributed by atoms with Crippen LogP contribution in [0.2, 0.25) is 0 Å². The minimum absolute atomic E-state index is 0.167. The first-order valence-electron chi connectivity index (χ1n) is 7.85. The maximum absolute atomic E-state index is 5.56. The van der Waals surface area contributed by atoms with Crippen molar-refractivity contribution in [3.8, 4) is 0 Å². The molecule has 3 rings (SSSR count). The fourth-order valence-corrected chi connectivity index (χ4v) is 2.91. The van der Waals surface area contributed by atoms with Crippen molar-refractivity contribution in [2.45, 2.75) is 12.6 Å². The molecule has 0 radical (unpaired) electrons. The number of rotatable bonds is 7. The number of nitrogens with zero attached hydrogens (tertiary/aromatic N) is 1. The van der Waals surface area contributed by atoms with Crippen molar-refractivity contribution in [1.82, 2.24) is 4.90 Å². The molecule has 0 atom stereocenters. The van der Waals surface area contributed by atoms with E-state index in [0.717, 1.165) is 18.8 Å². The van der Waals surface area contributed by atoms with Crippen LogP contribution < -0.4 is 0 Å². The monoisotopic (exact) mass is 303 g/mol. The van der Waals surface area contributed by atoms with Gasteiger partial charge in [-0.3, -0.25) is 4.90 Å². The molecule has 3 aromatic rings. The third-order valence-electron chi connectivity index (χ3n) is 3.90. The first-order chi connectivity index (χ1) is 11.4. The molecule has 0 spiro atoms. The lowest BCUT2D eigenvalue weighted by molar-refractivity contribution is 0.222. The molecule has 0 saturated heterocycles. The Bertz CT molecular complexity index is 665. The van der Waals surface area contributed by atoms with Crippen molar-refractivity contribution in [3.63, 3.8) is 0 Å². The average Bonchev–Trinajstić information content (AvgIpc) is 3.10. The van der Waals surface area contributed by atoms with Crippen molar-refractivity contribution < 1.29 is 4.42 Å². The van der Waals surface area contributed by atoms with E-state index in [1.54, 1.807) is 6.26 Å². The first-order valence-corrected chi connectivity index (χ1v) is 7.85. The van der Waals surface area contributed by atoms with Gasteiger partial charge in [0.25, 0.3) is 0 Å². The van der Waals surface area contributed by atoms with E-state index < -0.39 is 0 Å². The third-order valence-corrected chi connectivity index (χ3v) is 3.90. The summed E-state index contributed by atoms with van der Waals surface area (Å²) in [4.78, 5) is 2.37. The number of furan rings is 1. The summed E-state index contributed by atoms with van der Waals surface area (Å²) in [5.74, 6) is 0.962. The fraction of sp³-hybridized carbons (Fsp3) is 0.143. The molecule has 23 heavy (non-hydrogen) atoms. The molecule has 0 bridgehead atoms. The molecule has 116 valence electrons. The van der Waals surface area contributed by atoms with E-state index in [4.69, 9.17) is 4.42 Å². The van der Waals surface area contributed by atoms with Crippen LogP contribution in [0.3, 0.4) is 0 Å². The fourth-order valence-electron chi connectivity index (χ4n) is 2.91. The molecule has 1 aromatic heterocycles. The topological polar surface area (TPSA) is 16.4 Å². The standard InChI is InChI=1S/C21H21NO/c1-2-15-22(17-20-14-9-16-23-20)21(18-10-5-3-6-11-18)19-12-7-4-8-13-19/h2-14,16,21H,1,15,17H2. The highest BCUT2D eigenvalue weighted by atomic mass is 16.3. The molecule has 0 unspecified atom stereocenters. The Hall–Kier alpha value is -2.58. The Kier molecular flexibility index (Phi) is 5.07. The van der Waals surface area contributed by atoms with Crippen LogP contribution in [0.1, 0.15) is 22.9 Å². The summed E-state index contributed by atoms with van der Waals surface area (Å²) < 4.78 is 5.56. The highest BCUT2D eigenvalue weighted by Gasteiger charge is 2.22. The molecule has 2 nitrogen and oxygen atoms in total. The maximum Gasteiger partial charge on any atom is 0.117 e. The summed E-state index contributed by atoms with van der Waals surface area (Å²) >= 11 is 0. The van der Waals surface area contributed by atoms with Crippen molar-refractivity contribution in [2.24, 2.45) is 0 Å². The second kappa shape index (κ2) is 7.61. The largest absolute Gasteiger partial charge is 0.468 e. The summed E-state index contributed by atoms with van der Waals surface area (Å²) in [6.45, 7) is 5.46. The summed E-state index contributed by atoms with van der Waals surface area (Å²) in [7, 11) is 0.